The highest BCUT2D eigenvalue weighted by atomic mass is 32.2. The summed E-state index contributed by atoms with van der Waals surface area (Å²) in [5, 5.41) is 3.83. The van der Waals surface area contributed by atoms with Crippen LogP contribution in [-0.2, 0) is 16.1 Å². The number of para-hydroxylation sites is 1. The fraction of sp³-hybridized carbons (Fsp3) is 0.261. The van der Waals surface area contributed by atoms with Crippen molar-refractivity contribution >= 4 is 46.1 Å². The summed E-state index contributed by atoms with van der Waals surface area (Å²) >= 11 is 1.42. The largest absolute Gasteiger partial charge is 0.366 e. The van der Waals surface area contributed by atoms with Gasteiger partial charge in [-0.3, -0.25) is 14.4 Å². The summed E-state index contributed by atoms with van der Waals surface area (Å²) in [5.41, 5.74) is 7.19. The van der Waals surface area contributed by atoms with Crippen LogP contribution in [0.3, 0.4) is 0 Å². The summed E-state index contributed by atoms with van der Waals surface area (Å²) in [6.07, 6.45) is 1.94. The number of benzene rings is 2. The van der Waals surface area contributed by atoms with Gasteiger partial charge in [-0.25, -0.2) is 0 Å². The molecule has 2 aromatic carbocycles. The highest BCUT2D eigenvalue weighted by Gasteiger charge is 2.15. The minimum absolute atomic E-state index is 0.0689. The number of carbonyl (C=O) groups excluding carboxylic acids is 3. The van der Waals surface area contributed by atoms with E-state index in [0.717, 1.165) is 15.8 Å². The molecule has 0 saturated heterocycles. The highest BCUT2D eigenvalue weighted by Crippen LogP contribution is 2.30. The summed E-state index contributed by atoms with van der Waals surface area (Å²) in [4.78, 5) is 38.9. The third-order valence-electron chi connectivity index (χ3n) is 4.99. The van der Waals surface area contributed by atoms with Crippen molar-refractivity contribution in [2.45, 2.75) is 25.3 Å². The van der Waals surface area contributed by atoms with E-state index in [0.29, 0.717) is 24.3 Å². The SMILES string of the molecule is CCN(CC)C(=O)Cn1cc(SCC(=O)Nc2ccc(C(N)=O)cc2)c2ccccc21. The predicted octanol–water partition coefficient (Wildman–Crippen LogP) is 3.34. The van der Waals surface area contributed by atoms with E-state index in [-0.39, 0.29) is 24.1 Å². The number of fused-ring (bicyclic) bond motifs is 1. The average Bonchev–Trinajstić information content (AvgIpc) is 3.11. The van der Waals surface area contributed by atoms with E-state index in [4.69, 9.17) is 5.73 Å². The van der Waals surface area contributed by atoms with Crippen molar-refractivity contribution in [3.63, 3.8) is 0 Å². The van der Waals surface area contributed by atoms with Gasteiger partial charge < -0.3 is 20.5 Å². The topological polar surface area (TPSA) is 97.4 Å². The molecule has 0 aliphatic rings. The molecule has 0 fully saturated rings. The molecule has 0 aliphatic carbocycles. The first kappa shape index (κ1) is 22.4. The minimum atomic E-state index is -0.510. The lowest BCUT2D eigenvalue weighted by Crippen LogP contribution is -2.33. The van der Waals surface area contributed by atoms with E-state index in [1.165, 1.54) is 11.8 Å². The van der Waals surface area contributed by atoms with Crippen LogP contribution in [0.4, 0.5) is 5.69 Å². The second kappa shape index (κ2) is 10.2. The molecule has 3 amide bonds. The molecule has 1 aromatic heterocycles. The molecule has 1 heterocycles. The van der Waals surface area contributed by atoms with Gasteiger partial charge in [0.05, 0.1) is 5.75 Å². The van der Waals surface area contributed by atoms with Gasteiger partial charge in [-0.2, -0.15) is 0 Å². The Morgan fingerprint density at radius 1 is 1.03 bits per heavy atom. The molecular weight excluding hydrogens is 412 g/mol. The normalized spacial score (nSPS) is 10.8. The third kappa shape index (κ3) is 5.46. The maximum absolute atomic E-state index is 12.6. The van der Waals surface area contributed by atoms with Crippen LogP contribution >= 0.6 is 11.8 Å². The number of hydrogen-bond acceptors (Lipinski definition) is 4. The first-order chi connectivity index (χ1) is 14.9. The van der Waals surface area contributed by atoms with Crippen LogP contribution in [0.25, 0.3) is 10.9 Å². The third-order valence-corrected chi connectivity index (χ3v) is 6.03. The lowest BCUT2D eigenvalue weighted by atomic mass is 10.2. The van der Waals surface area contributed by atoms with Gasteiger partial charge in [0.1, 0.15) is 6.54 Å². The Kier molecular flexibility index (Phi) is 7.36. The van der Waals surface area contributed by atoms with Crippen molar-refractivity contribution in [1.82, 2.24) is 9.47 Å². The zero-order valence-electron chi connectivity index (χ0n) is 17.6. The van der Waals surface area contributed by atoms with Crippen LogP contribution < -0.4 is 11.1 Å². The molecule has 0 bridgehead atoms. The van der Waals surface area contributed by atoms with Crippen molar-refractivity contribution in [3.05, 3.63) is 60.3 Å². The van der Waals surface area contributed by atoms with Gasteiger partial charge >= 0.3 is 0 Å². The van der Waals surface area contributed by atoms with Crippen LogP contribution in [0.1, 0.15) is 24.2 Å². The maximum Gasteiger partial charge on any atom is 0.248 e. The van der Waals surface area contributed by atoms with Gasteiger partial charge in [0.2, 0.25) is 17.7 Å². The van der Waals surface area contributed by atoms with Gasteiger partial charge in [-0.05, 0) is 44.2 Å². The van der Waals surface area contributed by atoms with Crippen molar-refractivity contribution in [3.8, 4) is 0 Å². The van der Waals surface area contributed by atoms with Gasteiger partial charge in [-0.15, -0.1) is 11.8 Å². The summed E-state index contributed by atoms with van der Waals surface area (Å²) in [6.45, 7) is 5.56. The van der Waals surface area contributed by atoms with Crippen molar-refractivity contribution < 1.29 is 14.4 Å². The summed E-state index contributed by atoms with van der Waals surface area (Å²) in [6, 6.07) is 14.3. The molecule has 7 nitrogen and oxygen atoms in total. The highest BCUT2D eigenvalue weighted by molar-refractivity contribution is 8.00. The monoisotopic (exact) mass is 438 g/mol. The molecule has 0 saturated carbocycles. The second-order valence-corrected chi connectivity index (χ2v) is 8.00. The zero-order valence-corrected chi connectivity index (χ0v) is 18.4. The van der Waals surface area contributed by atoms with Gasteiger partial charge in [-0.1, -0.05) is 18.2 Å². The molecule has 8 heteroatoms. The lowest BCUT2D eigenvalue weighted by molar-refractivity contribution is -0.131. The number of carbonyl (C=O) groups is 3. The lowest BCUT2D eigenvalue weighted by Gasteiger charge is -2.19. The summed E-state index contributed by atoms with van der Waals surface area (Å²) in [7, 11) is 0. The Hall–Kier alpha value is -3.26. The van der Waals surface area contributed by atoms with Crippen LogP contribution in [0.15, 0.2) is 59.6 Å². The van der Waals surface area contributed by atoms with E-state index in [1.54, 1.807) is 29.2 Å². The predicted molar refractivity (Wildman–Crippen MR) is 124 cm³/mol. The molecule has 0 atom stereocenters. The standard InChI is InChI=1S/C23H26N4O3S/c1-3-26(4-2)22(29)14-27-13-20(18-7-5-6-8-19(18)27)31-15-21(28)25-17-11-9-16(10-12-17)23(24)30/h5-13H,3-4,14-15H2,1-2H3,(H2,24,30)(H,25,28). The quantitative estimate of drug-likeness (QED) is 0.501. The first-order valence-electron chi connectivity index (χ1n) is 10.1. The van der Waals surface area contributed by atoms with Crippen molar-refractivity contribution in [1.29, 1.82) is 0 Å². The molecule has 31 heavy (non-hydrogen) atoms. The van der Waals surface area contributed by atoms with E-state index < -0.39 is 5.91 Å². The molecule has 0 spiro atoms. The number of anilines is 1. The van der Waals surface area contributed by atoms with Gasteiger partial charge in [0.25, 0.3) is 0 Å². The van der Waals surface area contributed by atoms with Crippen LogP contribution in [0, 0.1) is 0 Å². The average molecular weight is 439 g/mol. The van der Waals surface area contributed by atoms with Gasteiger partial charge in [0, 0.05) is 46.3 Å². The Morgan fingerprint density at radius 2 is 1.71 bits per heavy atom. The Labute approximate surface area is 185 Å². The van der Waals surface area contributed by atoms with Crippen molar-refractivity contribution in [2.24, 2.45) is 5.73 Å². The smallest absolute Gasteiger partial charge is 0.248 e. The number of aromatic nitrogens is 1. The van der Waals surface area contributed by atoms with Gasteiger partial charge in [0.15, 0.2) is 0 Å². The number of nitrogens with one attached hydrogen (secondary N) is 1. The maximum atomic E-state index is 12.6. The number of nitrogens with zero attached hydrogens (tertiary/aromatic N) is 2. The summed E-state index contributed by atoms with van der Waals surface area (Å²) in [5.74, 6) is -0.383. The van der Waals surface area contributed by atoms with E-state index in [2.05, 4.69) is 5.32 Å². The first-order valence-corrected chi connectivity index (χ1v) is 11.1. The Bertz CT molecular complexity index is 1090. The molecule has 0 radical (unpaired) electrons. The Morgan fingerprint density at radius 3 is 2.35 bits per heavy atom. The number of rotatable bonds is 9. The van der Waals surface area contributed by atoms with Crippen LogP contribution in [-0.4, -0.2) is 46.0 Å². The molecule has 0 unspecified atom stereocenters. The fourth-order valence-electron chi connectivity index (χ4n) is 3.34. The summed E-state index contributed by atoms with van der Waals surface area (Å²) < 4.78 is 1.94. The number of hydrogen-bond donors (Lipinski definition) is 2. The molecule has 3 N–H and O–H groups in total. The molecular formula is C23H26N4O3S. The van der Waals surface area contributed by atoms with Crippen molar-refractivity contribution in [2.75, 3.05) is 24.2 Å². The number of amides is 3. The van der Waals surface area contributed by atoms with Crippen LogP contribution in [0.5, 0.6) is 0 Å². The Balaban J connectivity index is 1.69. The van der Waals surface area contributed by atoms with E-state index in [9.17, 15) is 14.4 Å². The minimum Gasteiger partial charge on any atom is -0.366 e. The molecule has 0 aliphatic heterocycles. The molecule has 3 rings (SSSR count). The molecule has 3 aromatic rings. The number of nitrogens with two attached hydrogens (primary N) is 1. The van der Waals surface area contributed by atoms with Crippen LogP contribution in [0.2, 0.25) is 0 Å². The van der Waals surface area contributed by atoms with E-state index >= 15 is 0 Å². The number of likely N-dealkylation sites (N-methyl/N-ethyl adjacent to an activating group) is 1. The fourth-order valence-corrected chi connectivity index (χ4v) is 4.23. The number of thioether (sulfide) groups is 1. The molecule has 162 valence electrons. The second-order valence-electron chi connectivity index (χ2n) is 6.98. The van der Waals surface area contributed by atoms with E-state index in [1.807, 2.05) is 48.9 Å². The zero-order chi connectivity index (χ0) is 22.4. The number of primary amides is 1.